The predicted octanol–water partition coefficient (Wildman–Crippen LogP) is 0.927. The van der Waals surface area contributed by atoms with Crippen LogP contribution in [0.3, 0.4) is 0 Å². The first kappa shape index (κ1) is 16.6. The van der Waals surface area contributed by atoms with Crippen LogP contribution in [-0.2, 0) is 19.1 Å². The van der Waals surface area contributed by atoms with Crippen molar-refractivity contribution < 1.29 is 29.0 Å². The maximum atomic E-state index is 12.0. The van der Waals surface area contributed by atoms with Gasteiger partial charge in [-0.1, -0.05) is 6.07 Å². The molecule has 0 saturated carbocycles. The van der Waals surface area contributed by atoms with Crippen molar-refractivity contribution >= 4 is 23.5 Å². The second-order valence-electron chi connectivity index (χ2n) is 4.16. The van der Waals surface area contributed by atoms with Crippen molar-refractivity contribution in [2.75, 3.05) is 32.3 Å². The first-order valence-corrected chi connectivity index (χ1v) is 6.19. The minimum atomic E-state index is -1.02. The maximum Gasteiger partial charge on any atom is 0.337 e. The van der Waals surface area contributed by atoms with E-state index in [2.05, 4.69) is 4.74 Å². The quantitative estimate of drug-likeness (QED) is 0.752. The molecule has 0 aliphatic heterocycles. The summed E-state index contributed by atoms with van der Waals surface area (Å²) in [4.78, 5) is 35.5. The fourth-order valence-electron chi connectivity index (χ4n) is 1.73. The third-order valence-corrected chi connectivity index (χ3v) is 2.70. The second-order valence-corrected chi connectivity index (χ2v) is 4.16. The van der Waals surface area contributed by atoms with E-state index in [1.807, 2.05) is 0 Å². The number of hydrogen-bond donors (Lipinski definition) is 1. The van der Waals surface area contributed by atoms with Crippen molar-refractivity contribution in [2.24, 2.45) is 0 Å². The van der Waals surface area contributed by atoms with Gasteiger partial charge >= 0.3 is 11.9 Å². The largest absolute Gasteiger partial charge is 0.481 e. The molecule has 0 saturated heterocycles. The summed E-state index contributed by atoms with van der Waals surface area (Å²) in [7, 11) is 2.63. The molecule has 1 N–H and O–H groups in total. The number of nitrogens with zero attached hydrogens (tertiary/aromatic N) is 1. The number of hydrogen-bond acceptors (Lipinski definition) is 5. The molecule has 1 rings (SSSR count). The predicted molar refractivity (Wildman–Crippen MR) is 74.3 cm³/mol. The van der Waals surface area contributed by atoms with E-state index in [9.17, 15) is 14.4 Å². The van der Waals surface area contributed by atoms with Crippen LogP contribution in [0.1, 0.15) is 16.8 Å². The monoisotopic (exact) mass is 295 g/mol. The summed E-state index contributed by atoms with van der Waals surface area (Å²) in [6.45, 7) is -0.190. The van der Waals surface area contributed by atoms with E-state index in [0.717, 1.165) is 0 Å². The molecule has 0 heterocycles. The molecule has 0 spiro atoms. The number of carboxylic acids is 1. The summed E-state index contributed by atoms with van der Waals surface area (Å²) in [5.74, 6) is -1.94. The Morgan fingerprint density at radius 3 is 2.52 bits per heavy atom. The Morgan fingerprint density at radius 1 is 1.24 bits per heavy atom. The zero-order valence-electron chi connectivity index (χ0n) is 11.9. The Hall–Kier alpha value is -2.41. The van der Waals surface area contributed by atoms with Crippen molar-refractivity contribution in [3.63, 3.8) is 0 Å². The Balaban J connectivity index is 3.03. The number of methoxy groups -OCH3 is 2. The van der Waals surface area contributed by atoms with Crippen molar-refractivity contribution in [3.8, 4) is 0 Å². The van der Waals surface area contributed by atoms with Gasteiger partial charge in [-0.3, -0.25) is 9.59 Å². The molecular formula is C14H17NO6. The number of amides is 1. The highest BCUT2D eigenvalue weighted by Crippen LogP contribution is 2.18. The topological polar surface area (TPSA) is 93.1 Å². The normalized spacial score (nSPS) is 10.0. The fraction of sp³-hybridized carbons (Fsp3) is 0.357. The second kappa shape index (κ2) is 8.01. The van der Waals surface area contributed by atoms with Crippen molar-refractivity contribution in [1.82, 2.24) is 0 Å². The molecule has 0 radical (unpaired) electrons. The third-order valence-electron chi connectivity index (χ3n) is 2.70. The lowest BCUT2D eigenvalue weighted by molar-refractivity contribution is -0.136. The molecule has 0 aromatic heterocycles. The van der Waals surface area contributed by atoms with Crippen LogP contribution in [0.2, 0.25) is 0 Å². The van der Waals surface area contributed by atoms with E-state index in [1.165, 1.54) is 25.2 Å². The molecule has 21 heavy (non-hydrogen) atoms. The number of aliphatic carboxylic acids is 1. The van der Waals surface area contributed by atoms with Crippen LogP contribution in [-0.4, -0.2) is 50.3 Å². The highest BCUT2D eigenvalue weighted by Gasteiger charge is 2.18. The van der Waals surface area contributed by atoms with Gasteiger partial charge < -0.3 is 19.5 Å². The SMILES string of the molecule is COCC(=O)N(CCC(=O)O)c1cccc(C(=O)OC)c1. The standard InChI is InChI=1S/C14H17NO6/c1-20-9-12(16)15(7-6-13(17)18)11-5-3-4-10(8-11)14(19)21-2/h3-5,8H,6-7,9H2,1-2H3,(H,17,18). The van der Waals surface area contributed by atoms with Crippen LogP contribution in [0, 0.1) is 0 Å². The molecule has 1 aromatic carbocycles. The van der Waals surface area contributed by atoms with Crippen LogP contribution >= 0.6 is 0 Å². The number of benzene rings is 1. The van der Waals surface area contributed by atoms with Gasteiger partial charge in [0.2, 0.25) is 0 Å². The molecular weight excluding hydrogens is 278 g/mol. The molecule has 114 valence electrons. The lowest BCUT2D eigenvalue weighted by atomic mass is 10.2. The minimum absolute atomic E-state index is 0.0118. The average molecular weight is 295 g/mol. The Morgan fingerprint density at radius 2 is 1.95 bits per heavy atom. The molecule has 0 aliphatic carbocycles. The summed E-state index contributed by atoms with van der Waals surface area (Å²) in [5.41, 5.74) is 0.696. The molecule has 0 fully saturated rings. The van der Waals surface area contributed by atoms with Gasteiger partial charge in [-0.15, -0.1) is 0 Å². The van der Waals surface area contributed by atoms with Crippen LogP contribution in [0.15, 0.2) is 24.3 Å². The number of ether oxygens (including phenoxy) is 2. The molecule has 0 atom stereocenters. The number of rotatable bonds is 7. The number of carbonyl (C=O) groups is 3. The lowest BCUT2D eigenvalue weighted by Crippen LogP contribution is -2.35. The van der Waals surface area contributed by atoms with Gasteiger partial charge in [-0.05, 0) is 18.2 Å². The summed E-state index contributed by atoms with van der Waals surface area (Å²) < 4.78 is 9.40. The highest BCUT2D eigenvalue weighted by atomic mass is 16.5. The Labute approximate surface area is 122 Å². The number of carboxylic acid groups (broad SMARTS) is 1. The van der Waals surface area contributed by atoms with Crippen molar-refractivity contribution in [2.45, 2.75) is 6.42 Å². The Kier molecular flexibility index (Phi) is 6.35. The average Bonchev–Trinajstić information content (AvgIpc) is 2.47. The minimum Gasteiger partial charge on any atom is -0.481 e. The zero-order valence-corrected chi connectivity index (χ0v) is 11.9. The van der Waals surface area contributed by atoms with E-state index in [4.69, 9.17) is 9.84 Å². The summed E-state index contributed by atoms with van der Waals surface area (Å²) >= 11 is 0. The van der Waals surface area contributed by atoms with Crippen LogP contribution in [0.25, 0.3) is 0 Å². The third kappa shape index (κ3) is 4.88. The zero-order chi connectivity index (χ0) is 15.8. The van der Waals surface area contributed by atoms with Crippen LogP contribution in [0.5, 0.6) is 0 Å². The van der Waals surface area contributed by atoms with E-state index >= 15 is 0 Å². The first-order chi connectivity index (χ1) is 9.99. The first-order valence-electron chi connectivity index (χ1n) is 6.19. The van der Waals surface area contributed by atoms with E-state index in [0.29, 0.717) is 5.69 Å². The van der Waals surface area contributed by atoms with Gasteiger partial charge in [0.05, 0.1) is 19.1 Å². The molecule has 1 amide bonds. The molecule has 1 aromatic rings. The van der Waals surface area contributed by atoms with E-state index in [1.54, 1.807) is 18.2 Å². The van der Waals surface area contributed by atoms with Gasteiger partial charge in [-0.2, -0.15) is 0 Å². The van der Waals surface area contributed by atoms with E-state index in [-0.39, 0.29) is 31.0 Å². The number of esters is 1. The van der Waals surface area contributed by atoms with Gasteiger partial charge in [0.15, 0.2) is 0 Å². The molecule has 0 aliphatic rings. The highest BCUT2D eigenvalue weighted by molar-refractivity contribution is 5.97. The van der Waals surface area contributed by atoms with Gasteiger partial charge in [0.25, 0.3) is 5.91 Å². The summed E-state index contributed by atoms with van der Waals surface area (Å²) in [6.07, 6.45) is -0.210. The molecule has 0 bridgehead atoms. The maximum absolute atomic E-state index is 12.0. The van der Waals surface area contributed by atoms with Gasteiger partial charge in [0.1, 0.15) is 6.61 Å². The van der Waals surface area contributed by atoms with Crippen molar-refractivity contribution in [3.05, 3.63) is 29.8 Å². The van der Waals surface area contributed by atoms with Crippen LogP contribution in [0.4, 0.5) is 5.69 Å². The molecule has 7 nitrogen and oxygen atoms in total. The van der Waals surface area contributed by atoms with Gasteiger partial charge in [-0.25, -0.2) is 4.79 Å². The lowest BCUT2D eigenvalue weighted by Gasteiger charge is -2.22. The number of anilines is 1. The number of carbonyl (C=O) groups excluding carboxylic acids is 2. The van der Waals surface area contributed by atoms with Crippen molar-refractivity contribution in [1.29, 1.82) is 0 Å². The smallest absolute Gasteiger partial charge is 0.337 e. The van der Waals surface area contributed by atoms with Gasteiger partial charge in [0, 0.05) is 19.3 Å². The molecule has 0 unspecified atom stereocenters. The Bertz CT molecular complexity index is 528. The van der Waals surface area contributed by atoms with Crippen LogP contribution < -0.4 is 4.90 Å². The fourth-order valence-corrected chi connectivity index (χ4v) is 1.73. The summed E-state index contributed by atoms with van der Waals surface area (Å²) in [6, 6.07) is 6.23. The molecule has 7 heteroatoms. The summed E-state index contributed by atoms with van der Waals surface area (Å²) in [5, 5.41) is 8.76. The van der Waals surface area contributed by atoms with E-state index < -0.39 is 11.9 Å².